The highest BCUT2D eigenvalue weighted by Gasteiger charge is 2.51. The van der Waals surface area contributed by atoms with Gasteiger partial charge in [0.05, 0.1) is 15.2 Å². The van der Waals surface area contributed by atoms with Gasteiger partial charge in [-0.3, -0.25) is 0 Å². The molecule has 0 amide bonds. The molecule has 5 heteroatoms. The van der Waals surface area contributed by atoms with Gasteiger partial charge in [-0.15, -0.1) is 11.3 Å². The van der Waals surface area contributed by atoms with Crippen LogP contribution in [0.4, 0.5) is 4.39 Å². The monoisotopic (exact) mass is 374 g/mol. The standard InChI is InChI=1S/C12H13NOS.C9H14FN/c1-8(7-9(2)14)12-13-10-5-3-4-6-11(10)15-12;10-9-3-6-1-7(4-9)11-8(2-6)5-9/h3-6,8H,7H2,1-2H3;6-8,11H,1-5H2. The lowest BCUT2D eigenvalue weighted by Crippen LogP contribution is -2.61. The summed E-state index contributed by atoms with van der Waals surface area (Å²) < 4.78 is 15.0. The number of hydrogen-bond donors (Lipinski definition) is 1. The number of fused-ring (bicyclic) bond motifs is 1. The van der Waals surface area contributed by atoms with Crippen LogP contribution in [-0.4, -0.2) is 28.5 Å². The van der Waals surface area contributed by atoms with Gasteiger partial charge in [-0.05, 0) is 57.1 Å². The molecule has 4 bridgehead atoms. The van der Waals surface area contributed by atoms with Crippen LogP contribution in [0.15, 0.2) is 24.3 Å². The van der Waals surface area contributed by atoms with Crippen LogP contribution >= 0.6 is 11.3 Å². The normalized spacial score (nSPS) is 33.0. The lowest BCUT2D eigenvalue weighted by atomic mass is 9.63. The van der Waals surface area contributed by atoms with E-state index >= 15 is 0 Å². The van der Waals surface area contributed by atoms with E-state index in [0.717, 1.165) is 29.8 Å². The van der Waals surface area contributed by atoms with E-state index in [9.17, 15) is 9.18 Å². The SMILES string of the molecule is CC(=O)CC(C)c1nc2ccccc2s1.FC12CC3CC(C1)NC(C3)C2. The Labute approximate surface area is 158 Å². The molecule has 26 heavy (non-hydrogen) atoms. The van der Waals surface area contributed by atoms with Crippen molar-refractivity contribution in [2.75, 3.05) is 0 Å². The zero-order valence-electron chi connectivity index (χ0n) is 15.5. The van der Waals surface area contributed by atoms with Crippen LogP contribution in [0.25, 0.3) is 10.2 Å². The van der Waals surface area contributed by atoms with Crippen molar-refractivity contribution in [3.63, 3.8) is 0 Å². The van der Waals surface area contributed by atoms with Gasteiger partial charge in [-0.2, -0.15) is 0 Å². The second kappa shape index (κ2) is 7.01. The van der Waals surface area contributed by atoms with Gasteiger partial charge in [0, 0.05) is 24.4 Å². The summed E-state index contributed by atoms with van der Waals surface area (Å²) in [4.78, 5) is 15.6. The van der Waals surface area contributed by atoms with Crippen molar-refractivity contribution < 1.29 is 9.18 Å². The number of nitrogens with zero attached hydrogens (tertiary/aromatic N) is 1. The molecule has 2 saturated heterocycles. The molecule has 2 aromatic rings. The topological polar surface area (TPSA) is 42.0 Å². The molecule has 3 heterocycles. The minimum absolute atomic E-state index is 0.224. The molecule has 6 rings (SSSR count). The summed E-state index contributed by atoms with van der Waals surface area (Å²) in [6.07, 6.45) is 5.51. The summed E-state index contributed by atoms with van der Waals surface area (Å²) in [5.74, 6) is 1.17. The van der Waals surface area contributed by atoms with Gasteiger partial charge < -0.3 is 10.1 Å². The largest absolute Gasteiger partial charge is 0.311 e. The van der Waals surface area contributed by atoms with Crippen LogP contribution in [0.5, 0.6) is 0 Å². The number of halogens is 1. The lowest BCUT2D eigenvalue weighted by molar-refractivity contribution is -0.117. The zero-order chi connectivity index (χ0) is 18.3. The summed E-state index contributed by atoms with van der Waals surface area (Å²) in [5.41, 5.74) is 0.273. The average Bonchev–Trinajstić information content (AvgIpc) is 2.96. The fourth-order valence-electron chi connectivity index (χ4n) is 5.09. The number of rotatable bonds is 3. The third-order valence-corrected chi connectivity index (χ3v) is 7.18. The molecular formula is C21H27FN2OS. The number of aromatic nitrogens is 1. The number of para-hydroxylation sites is 1. The molecular weight excluding hydrogens is 347 g/mol. The molecule has 0 spiro atoms. The van der Waals surface area contributed by atoms with Crippen LogP contribution in [0, 0.1) is 5.92 Å². The Morgan fingerprint density at radius 2 is 2.00 bits per heavy atom. The third kappa shape index (κ3) is 3.84. The van der Waals surface area contributed by atoms with Crippen LogP contribution < -0.4 is 5.32 Å². The lowest BCUT2D eigenvalue weighted by Gasteiger charge is -2.53. The number of thiazole rings is 1. The van der Waals surface area contributed by atoms with E-state index in [1.165, 1.54) is 17.5 Å². The van der Waals surface area contributed by atoms with E-state index in [-0.39, 0.29) is 11.7 Å². The number of nitrogens with one attached hydrogen (secondary N) is 1. The highest BCUT2D eigenvalue weighted by Crippen LogP contribution is 2.49. The Hall–Kier alpha value is -1.33. The van der Waals surface area contributed by atoms with Gasteiger partial charge in [0.2, 0.25) is 0 Å². The second-order valence-corrected chi connectivity index (χ2v) is 9.55. The van der Waals surface area contributed by atoms with Gasteiger partial charge in [-0.25, -0.2) is 9.37 Å². The number of alkyl halides is 1. The van der Waals surface area contributed by atoms with Crippen molar-refractivity contribution in [2.24, 2.45) is 5.92 Å². The molecule has 140 valence electrons. The predicted octanol–water partition coefficient (Wildman–Crippen LogP) is 5.01. The maximum atomic E-state index is 13.8. The van der Waals surface area contributed by atoms with Crippen molar-refractivity contribution >= 4 is 27.3 Å². The quantitative estimate of drug-likeness (QED) is 0.821. The minimum atomic E-state index is -0.762. The number of Topliss-reactive ketones (excluding diaryl/α,β-unsaturated/α-hetero) is 1. The first kappa shape index (κ1) is 18.1. The Morgan fingerprint density at radius 1 is 1.31 bits per heavy atom. The first-order valence-electron chi connectivity index (χ1n) is 9.70. The highest BCUT2D eigenvalue weighted by atomic mass is 32.1. The van der Waals surface area contributed by atoms with Crippen molar-refractivity contribution in [3.05, 3.63) is 29.3 Å². The molecule has 2 aliphatic carbocycles. The third-order valence-electron chi connectivity index (χ3n) is 5.91. The molecule has 3 nitrogen and oxygen atoms in total. The molecule has 0 radical (unpaired) electrons. The van der Waals surface area contributed by atoms with Crippen LogP contribution in [0.1, 0.15) is 63.3 Å². The second-order valence-electron chi connectivity index (χ2n) is 8.49. The Balaban J connectivity index is 0.000000135. The van der Waals surface area contributed by atoms with Crippen LogP contribution in [0.2, 0.25) is 0 Å². The van der Waals surface area contributed by atoms with Crippen molar-refractivity contribution in [3.8, 4) is 0 Å². The number of piperidine rings is 2. The molecule has 1 aromatic heterocycles. The van der Waals surface area contributed by atoms with E-state index in [4.69, 9.17) is 0 Å². The first-order chi connectivity index (χ1) is 12.4. The molecule has 2 aliphatic heterocycles. The average molecular weight is 375 g/mol. The van der Waals surface area contributed by atoms with E-state index in [0.29, 0.717) is 24.4 Å². The maximum absolute atomic E-state index is 13.8. The fraction of sp³-hybridized carbons (Fsp3) is 0.619. The van der Waals surface area contributed by atoms with Crippen molar-refractivity contribution in [1.29, 1.82) is 0 Å². The number of carbonyl (C=O) groups is 1. The van der Waals surface area contributed by atoms with Gasteiger partial charge >= 0.3 is 0 Å². The number of carbonyl (C=O) groups excluding carboxylic acids is 1. The number of hydrogen-bond acceptors (Lipinski definition) is 4. The van der Waals surface area contributed by atoms with E-state index in [1.807, 2.05) is 18.2 Å². The smallest absolute Gasteiger partial charge is 0.130 e. The van der Waals surface area contributed by atoms with Gasteiger partial charge in [0.25, 0.3) is 0 Å². The maximum Gasteiger partial charge on any atom is 0.130 e. The number of benzene rings is 1. The highest BCUT2D eigenvalue weighted by molar-refractivity contribution is 7.18. The summed E-state index contributed by atoms with van der Waals surface area (Å²) in [7, 11) is 0. The van der Waals surface area contributed by atoms with Crippen molar-refractivity contribution in [1.82, 2.24) is 10.3 Å². The number of ketones is 1. The zero-order valence-corrected chi connectivity index (χ0v) is 16.3. The summed E-state index contributed by atoms with van der Waals surface area (Å²) in [5, 5.41) is 4.56. The molecule has 1 aromatic carbocycles. The van der Waals surface area contributed by atoms with E-state index in [1.54, 1.807) is 18.3 Å². The van der Waals surface area contributed by atoms with E-state index < -0.39 is 5.67 Å². The van der Waals surface area contributed by atoms with E-state index in [2.05, 4.69) is 23.3 Å². The Morgan fingerprint density at radius 3 is 2.58 bits per heavy atom. The van der Waals surface area contributed by atoms with Crippen LogP contribution in [0.3, 0.4) is 0 Å². The predicted molar refractivity (Wildman–Crippen MR) is 104 cm³/mol. The summed E-state index contributed by atoms with van der Waals surface area (Å²) in [6, 6.07) is 9.12. The molecule has 2 saturated carbocycles. The molecule has 3 unspecified atom stereocenters. The molecule has 1 N–H and O–H groups in total. The van der Waals surface area contributed by atoms with Gasteiger partial charge in [0.15, 0.2) is 0 Å². The summed E-state index contributed by atoms with van der Waals surface area (Å²) >= 11 is 1.68. The first-order valence-corrected chi connectivity index (χ1v) is 10.5. The molecule has 4 fully saturated rings. The molecule has 3 atom stereocenters. The van der Waals surface area contributed by atoms with Gasteiger partial charge in [0.1, 0.15) is 11.5 Å². The Kier molecular flexibility index (Phi) is 4.86. The minimum Gasteiger partial charge on any atom is -0.311 e. The Bertz CT molecular complexity index is 734. The fourth-order valence-corrected chi connectivity index (χ4v) is 6.11. The summed E-state index contributed by atoms with van der Waals surface area (Å²) in [6.45, 7) is 3.68. The van der Waals surface area contributed by atoms with Gasteiger partial charge in [-0.1, -0.05) is 19.1 Å². The van der Waals surface area contributed by atoms with Crippen molar-refractivity contribution in [2.45, 2.75) is 76.0 Å². The van der Waals surface area contributed by atoms with Crippen LogP contribution in [-0.2, 0) is 4.79 Å². The molecule has 4 aliphatic rings.